The minimum atomic E-state index is 0.0183. The van der Waals surface area contributed by atoms with E-state index < -0.39 is 0 Å². The SMILES string of the molecule is O=C(NCCN1CCC(Cc2ccccc2)CC1)c1ccc2ccccc2c1. The number of carbonyl (C=O) groups is 1. The Balaban J connectivity index is 1.20. The molecule has 1 heterocycles. The fourth-order valence-corrected chi connectivity index (χ4v) is 4.12. The average Bonchev–Trinajstić information content (AvgIpc) is 2.75. The Morgan fingerprint density at radius 2 is 1.61 bits per heavy atom. The lowest BCUT2D eigenvalue weighted by molar-refractivity contribution is 0.0944. The van der Waals surface area contributed by atoms with E-state index in [4.69, 9.17) is 0 Å². The molecule has 0 aliphatic carbocycles. The summed E-state index contributed by atoms with van der Waals surface area (Å²) in [6, 6.07) is 24.8. The van der Waals surface area contributed by atoms with Crippen molar-refractivity contribution in [1.29, 1.82) is 0 Å². The largest absolute Gasteiger partial charge is 0.351 e. The predicted molar refractivity (Wildman–Crippen MR) is 116 cm³/mol. The summed E-state index contributed by atoms with van der Waals surface area (Å²) >= 11 is 0. The fourth-order valence-electron chi connectivity index (χ4n) is 4.12. The maximum Gasteiger partial charge on any atom is 0.251 e. The third-order valence-electron chi connectivity index (χ3n) is 5.80. The van der Waals surface area contributed by atoms with Gasteiger partial charge in [-0.1, -0.05) is 60.7 Å². The summed E-state index contributed by atoms with van der Waals surface area (Å²) in [5.74, 6) is 0.801. The first-order valence-corrected chi connectivity index (χ1v) is 10.3. The second kappa shape index (κ2) is 9.03. The molecular formula is C25H28N2O. The van der Waals surface area contributed by atoms with Crippen LogP contribution in [0.5, 0.6) is 0 Å². The third kappa shape index (κ3) is 4.79. The molecule has 0 atom stereocenters. The second-order valence-corrected chi connectivity index (χ2v) is 7.79. The number of carbonyl (C=O) groups excluding carboxylic acids is 1. The van der Waals surface area contributed by atoms with Crippen molar-refractivity contribution in [3.8, 4) is 0 Å². The fraction of sp³-hybridized carbons (Fsp3) is 0.320. The molecule has 0 unspecified atom stereocenters. The molecule has 0 saturated carbocycles. The van der Waals surface area contributed by atoms with Gasteiger partial charge in [0.1, 0.15) is 0 Å². The van der Waals surface area contributed by atoms with Gasteiger partial charge in [-0.2, -0.15) is 0 Å². The minimum Gasteiger partial charge on any atom is -0.351 e. The van der Waals surface area contributed by atoms with Gasteiger partial charge in [-0.15, -0.1) is 0 Å². The van der Waals surface area contributed by atoms with E-state index in [9.17, 15) is 4.79 Å². The first kappa shape index (κ1) is 18.7. The van der Waals surface area contributed by atoms with Crippen molar-refractivity contribution in [2.75, 3.05) is 26.2 Å². The Morgan fingerprint density at radius 1 is 0.893 bits per heavy atom. The van der Waals surface area contributed by atoms with E-state index in [1.54, 1.807) is 0 Å². The van der Waals surface area contributed by atoms with Gasteiger partial charge in [-0.25, -0.2) is 0 Å². The van der Waals surface area contributed by atoms with Crippen molar-refractivity contribution in [2.24, 2.45) is 5.92 Å². The summed E-state index contributed by atoms with van der Waals surface area (Å²) in [6.45, 7) is 3.89. The second-order valence-electron chi connectivity index (χ2n) is 7.79. The van der Waals surface area contributed by atoms with Crippen LogP contribution in [0.1, 0.15) is 28.8 Å². The molecule has 3 aromatic rings. The first-order valence-electron chi connectivity index (χ1n) is 10.3. The molecule has 1 saturated heterocycles. The summed E-state index contributed by atoms with van der Waals surface area (Å²) < 4.78 is 0. The predicted octanol–water partition coefficient (Wildman–Crippen LogP) is 4.52. The van der Waals surface area contributed by atoms with Crippen LogP contribution in [0.25, 0.3) is 10.8 Å². The van der Waals surface area contributed by atoms with E-state index in [-0.39, 0.29) is 5.91 Å². The quantitative estimate of drug-likeness (QED) is 0.690. The van der Waals surface area contributed by atoms with E-state index in [2.05, 4.69) is 46.6 Å². The number of nitrogens with one attached hydrogen (secondary N) is 1. The highest BCUT2D eigenvalue weighted by Crippen LogP contribution is 2.21. The zero-order chi connectivity index (χ0) is 19.2. The Bertz CT molecular complexity index is 914. The van der Waals surface area contributed by atoms with Gasteiger partial charge in [0.15, 0.2) is 0 Å². The van der Waals surface area contributed by atoms with Crippen LogP contribution in [0.3, 0.4) is 0 Å². The highest BCUT2D eigenvalue weighted by atomic mass is 16.1. The molecule has 28 heavy (non-hydrogen) atoms. The van der Waals surface area contributed by atoms with Crippen LogP contribution in [-0.2, 0) is 6.42 Å². The molecule has 0 bridgehead atoms. The van der Waals surface area contributed by atoms with Gasteiger partial charge in [0.05, 0.1) is 0 Å². The molecule has 3 aromatic carbocycles. The Hall–Kier alpha value is -2.65. The zero-order valence-corrected chi connectivity index (χ0v) is 16.3. The summed E-state index contributed by atoms with van der Waals surface area (Å²) in [6.07, 6.45) is 3.68. The number of piperidine rings is 1. The molecule has 1 N–H and O–H groups in total. The van der Waals surface area contributed by atoms with Crippen LogP contribution in [0.4, 0.5) is 0 Å². The number of nitrogens with zero attached hydrogens (tertiary/aromatic N) is 1. The van der Waals surface area contributed by atoms with E-state index in [0.29, 0.717) is 6.54 Å². The molecular weight excluding hydrogens is 344 g/mol. The maximum atomic E-state index is 12.5. The zero-order valence-electron chi connectivity index (χ0n) is 16.3. The van der Waals surface area contributed by atoms with Crippen molar-refractivity contribution in [2.45, 2.75) is 19.3 Å². The van der Waals surface area contributed by atoms with Gasteiger partial charge in [0, 0.05) is 18.7 Å². The molecule has 1 amide bonds. The smallest absolute Gasteiger partial charge is 0.251 e. The van der Waals surface area contributed by atoms with Crippen LogP contribution in [-0.4, -0.2) is 37.0 Å². The first-order chi connectivity index (χ1) is 13.8. The number of amides is 1. The highest BCUT2D eigenvalue weighted by molar-refractivity contribution is 5.98. The van der Waals surface area contributed by atoms with E-state index in [0.717, 1.165) is 41.9 Å². The molecule has 3 heteroatoms. The van der Waals surface area contributed by atoms with Crippen molar-refractivity contribution in [3.63, 3.8) is 0 Å². The summed E-state index contributed by atoms with van der Waals surface area (Å²) in [5.41, 5.74) is 2.18. The van der Waals surface area contributed by atoms with Gasteiger partial charge < -0.3 is 10.2 Å². The van der Waals surface area contributed by atoms with Crippen LogP contribution in [0.2, 0.25) is 0 Å². The average molecular weight is 373 g/mol. The lowest BCUT2D eigenvalue weighted by Crippen LogP contribution is -2.39. The summed E-state index contributed by atoms with van der Waals surface area (Å²) in [5, 5.41) is 5.35. The lowest BCUT2D eigenvalue weighted by atomic mass is 9.90. The number of likely N-dealkylation sites (tertiary alicyclic amines) is 1. The molecule has 1 aliphatic rings. The standard InChI is InChI=1S/C25H28N2O/c28-25(24-11-10-22-8-4-5-9-23(22)19-24)26-14-17-27-15-12-21(13-16-27)18-20-6-2-1-3-7-20/h1-11,19,21H,12-18H2,(H,26,28). The van der Waals surface area contributed by atoms with Gasteiger partial charge in [-0.3, -0.25) is 4.79 Å². The Labute approximate surface area is 167 Å². The number of hydrogen-bond donors (Lipinski definition) is 1. The molecule has 0 spiro atoms. The topological polar surface area (TPSA) is 32.3 Å². The normalized spacial score (nSPS) is 15.6. The summed E-state index contributed by atoms with van der Waals surface area (Å²) in [7, 11) is 0. The van der Waals surface area contributed by atoms with Gasteiger partial charge in [0.2, 0.25) is 0 Å². The molecule has 4 rings (SSSR count). The number of benzene rings is 3. The van der Waals surface area contributed by atoms with Crippen LogP contribution in [0, 0.1) is 5.92 Å². The molecule has 3 nitrogen and oxygen atoms in total. The van der Waals surface area contributed by atoms with Crippen molar-refractivity contribution < 1.29 is 4.79 Å². The number of hydrogen-bond acceptors (Lipinski definition) is 2. The van der Waals surface area contributed by atoms with Gasteiger partial charge in [0.25, 0.3) is 5.91 Å². The summed E-state index contributed by atoms with van der Waals surface area (Å²) in [4.78, 5) is 14.9. The molecule has 0 radical (unpaired) electrons. The Morgan fingerprint density at radius 3 is 2.39 bits per heavy atom. The van der Waals surface area contributed by atoms with Crippen LogP contribution in [0.15, 0.2) is 72.8 Å². The minimum absolute atomic E-state index is 0.0183. The van der Waals surface area contributed by atoms with Crippen molar-refractivity contribution >= 4 is 16.7 Å². The molecule has 0 aromatic heterocycles. The van der Waals surface area contributed by atoms with Crippen molar-refractivity contribution in [3.05, 3.63) is 83.9 Å². The number of rotatable bonds is 6. The van der Waals surface area contributed by atoms with E-state index in [1.807, 2.05) is 36.4 Å². The van der Waals surface area contributed by atoms with Crippen LogP contribution >= 0.6 is 0 Å². The lowest BCUT2D eigenvalue weighted by Gasteiger charge is -2.32. The number of fused-ring (bicyclic) bond motifs is 1. The highest BCUT2D eigenvalue weighted by Gasteiger charge is 2.19. The van der Waals surface area contributed by atoms with E-state index >= 15 is 0 Å². The van der Waals surface area contributed by atoms with Gasteiger partial charge >= 0.3 is 0 Å². The van der Waals surface area contributed by atoms with Crippen LogP contribution < -0.4 is 5.32 Å². The maximum absolute atomic E-state index is 12.5. The monoisotopic (exact) mass is 372 g/mol. The molecule has 1 aliphatic heterocycles. The Kier molecular flexibility index (Phi) is 6.03. The van der Waals surface area contributed by atoms with E-state index in [1.165, 1.54) is 24.8 Å². The molecule has 144 valence electrons. The van der Waals surface area contributed by atoms with Crippen molar-refractivity contribution in [1.82, 2.24) is 10.2 Å². The molecule has 1 fully saturated rings. The third-order valence-corrected chi connectivity index (χ3v) is 5.80. The van der Waals surface area contributed by atoms with Gasteiger partial charge in [-0.05, 0) is 66.7 Å².